The molecule has 1 aromatic heterocycles. The summed E-state index contributed by atoms with van der Waals surface area (Å²) in [5.74, 6) is 1.59. The topological polar surface area (TPSA) is 57.9 Å². The fourth-order valence-corrected chi connectivity index (χ4v) is 2.93. The summed E-state index contributed by atoms with van der Waals surface area (Å²) in [5, 5.41) is 0.636. The summed E-state index contributed by atoms with van der Waals surface area (Å²) in [6, 6.07) is 11.0. The molecule has 0 saturated heterocycles. The smallest absolute Gasteiger partial charge is 0.348 e. The van der Waals surface area contributed by atoms with E-state index in [1.165, 1.54) is 0 Å². The molecule has 0 fully saturated rings. The third-order valence-corrected chi connectivity index (χ3v) is 4.01. The van der Waals surface area contributed by atoms with Gasteiger partial charge in [-0.05, 0) is 11.1 Å². The zero-order chi connectivity index (χ0) is 16.0. The van der Waals surface area contributed by atoms with Crippen molar-refractivity contribution in [1.29, 1.82) is 0 Å². The third kappa shape index (κ3) is 1.97. The second-order valence-electron chi connectivity index (χ2n) is 5.24. The van der Waals surface area contributed by atoms with Gasteiger partial charge in [-0.15, -0.1) is 0 Å². The van der Waals surface area contributed by atoms with Crippen LogP contribution in [0.15, 0.2) is 45.6 Å². The van der Waals surface area contributed by atoms with Crippen molar-refractivity contribution in [3.8, 4) is 28.4 Å². The molecule has 23 heavy (non-hydrogen) atoms. The van der Waals surface area contributed by atoms with Crippen molar-refractivity contribution in [2.24, 2.45) is 0 Å². The van der Waals surface area contributed by atoms with Gasteiger partial charge in [0, 0.05) is 12.1 Å². The highest BCUT2D eigenvalue weighted by molar-refractivity contribution is 5.97. The lowest BCUT2D eigenvalue weighted by Crippen LogP contribution is -2.14. The molecule has 5 heteroatoms. The minimum absolute atomic E-state index is 0.379. The second kappa shape index (κ2) is 5.05. The van der Waals surface area contributed by atoms with Crippen LogP contribution in [0.25, 0.3) is 22.1 Å². The van der Waals surface area contributed by atoms with Gasteiger partial charge in [-0.2, -0.15) is 0 Å². The van der Waals surface area contributed by atoms with Gasteiger partial charge in [0.15, 0.2) is 0 Å². The average molecular weight is 310 g/mol. The Morgan fingerprint density at radius 2 is 1.91 bits per heavy atom. The van der Waals surface area contributed by atoms with Gasteiger partial charge in [-0.1, -0.05) is 24.3 Å². The quantitative estimate of drug-likeness (QED) is 0.679. The van der Waals surface area contributed by atoms with Crippen LogP contribution in [0.3, 0.4) is 0 Å². The zero-order valence-electron chi connectivity index (χ0n) is 12.7. The molecule has 0 bridgehead atoms. The number of hydrogen-bond acceptors (Lipinski definition) is 5. The molecule has 1 aliphatic rings. The van der Waals surface area contributed by atoms with Gasteiger partial charge >= 0.3 is 5.63 Å². The lowest BCUT2D eigenvalue weighted by Gasteiger charge is -2.21. The van der Waals surface area contributed by atoms with Crippen LogP contribution in [0, 0.1) is 0 Å². The van der Waals surface area contributed by atoms with Gasteiger partial charge in [0.1, 0.15) is 40.4 Å². The third-order valence-electron chi connectivity index (χ3n) is 4.01. The summed E-state index contributed by atoms with van der Waals surface area (Å²) < 4.78 is 22.0. The maximum absolute atomic E-state index is 12.5. The standard InChI is InChI=1S/C18H14O5/c1-20-11-7-13(21-2)16-14(8-11)23-18(19)15-12-6-4-3-5-10(12)9-22-17(15)16/h3-8H,9H2,1-2H3. The maximum atomic E-state index is 12.5. The molecule has 2 heterocycles. The Labute approximate surface area is 132 Å². The van der Waals surface area contributed by atoms with Crippen molar-refractivity contribution in [2.45, 2.75) is 6.61 Å². The van der Waals surface area contributed by atoms with Crippen LogP contribution in [-0.4, -0.2) is 14.2 Å². The number of hydrogen-bond donors (Lipinski definition) is 0. The van der Waals surface area contributed by atoms with Crippen molar-refractivity contribution < 1.29 is 18.6 Å². The van der Waals surface area contributed by atoms with E-state index in [2.05, 4.69) is 0 Å². The second-order valence-corrected chi connectivity index (χ2v) is 5.24. The van der Waals surface area contributed by atoms with Crippen molar-refractivity contribution in [2.75, 3.05) is 14.2 Å². The number of ether oxygens (including phenoxy) is 3. The molecule has 4 rings (SSSR count). The van der Waals surface area contributed by atoms with E-state index in [-0.39, 0.29) is 0 Å². The van der Waals surface area contributed by atoms with E-state index in [0.29, 0.717) is 40.4 Å². The van der Waals surface area contributed by atoms with Gasteiger partial charge in [0.25, 0.3) is 0 Å². The number of benzene rings is 2. The fourth-order valence-electron chi connectivity index (χ4n) is 2.93. The Bertz CT molecular complexity index is 971. The van der Waals surface area contributed by atoms with E-state index in [4.69, 9.17) is 18.6 Å². The van der Waals surface area contributed by atoms with Gasteiger partial charge < -0.3 is 18.6 Å². The molecule has 2 aromatic carbocycles. The Balaban J connectivity index is 2.13. The predicted molar refractivity (Wildman–Crippen MR) is 85.4 cm³/mol. The fraction of sp³-hybridized carbons (Fsp3) is 0.167. The Morgan fingerprint density at radius 3 is 2.70 bits per heavy atom. The molecule has 0 atom stereocenters. The molecule has 1 aliphatic heterocycles. The number of fused-ring (bicyclic) bond motifs is 5. The Hall–Kier alpha value is -2.95. The molecule has 3 aromatic rings. The predicted octanol–water partition coefficient (Wildman–Crippen LogP) is 3.37. The largest absolute Gasteiger partial charge is 0.496 e. The molecule has 116 valence electrons. The normalized spacial score (nSPS) is 12.3. The minimum atomic E-state index is -0.435. The monoisotopic (exact) mass is 310 g/mol. The van der Waals surface area contributed by atoms with Gasteiger partial charge in [0.05, 0.1) is 14.2 Å². The van der Waals surface area contributed by atoms with Gasteiger partial charge in [-0.25, -0.2) is 4.79 Å². The molecule has 0 N–H and O–H groups in total. The highest BCUT2D eigenvalue weighted by Crippen LogP contribution is 2.44. The summed E-state index contributed by atoms with van der Waals surface area (Å²) in [6.45, 7) is 0.400. The highest BCUT2D eigenvalue weighted by Gasteiger charge is 2.26. The Morgan fingerprint density at radius 1 is 1.09 bits per heavy atom. The van der Waals surface area contributed by atoms with E-state index in [0.717, 1.165) is 11.1 Å². The van der Waals surface area contributed by atoms with Crippen molar-refractivity contribution >= 4 is 11.0 Å². The first kappa shape index (κ1) is 13.7. The van der Waals surface area contributed by atoms with Crippen LogP contribution < -0.4 is 19.8 Å². The molecule has 0 spiro atoms. The first-order valence-electron chi connectivity index (χ1n) is 7.17. The first-order valence-corrected chi connectivity index (χ1v) is 7.17. The minimum Gasteiger partial charge on any atom is -0.496 e. The summed E-state index contributed by atoms with van der Waals surface area (Å²) in [6.07, 6.45) is 0. The van der Waals surface area contributed by atoms with Crippen LogP contribution >= 0.6 is 0 Å². The Kier molecular flexibility index (Phi) is 3.01. The van der Waals surface area contributed by atoms with Crippen molar-refractivity contribution in [3.05, 3.63) is 52.4 Å². The van der Waals surface area contributed by atoms with E-state index >= 15 is 0 Å². The van der Waals surface area contributed by atoms with Crippen molar-refractivity contribution in [1.82, 2.24) is 0 Å². The molecular formula is C18H14O5. The van der Waals surface area contributed by atoms with Crippen LogP contribution in [0.4, 0.5) is 0 Å². The first-order chi connectivity index (χ1) is 11.2. The van der Waals surface area contributed by atoms with Gasteiger partial charge in [0.2, 0.25) is 0 Å². The summed E-state index contributed by atoms with van der Waals surface area (Å²) in [5.41, 5.74) is 2.17. The average Bonchev–Trinajstić information content (AvgIpc) is 2.59. The molecule has 5 nitrogen and oxygen atoms in total. The lowest BCUT2D eigenvalue weighted by molar-refractivity contribution is 0.301. The number of methoxy groups -OCH3 is 2. The van der Waals surface area contributed by atoms with Gasteiger partial charge in [-0.3, -0.25) is 0 Å². The lowest BCUT2D eigenvalue weighted by atomic mass is 9.97. The van der Waals surface area contributed by atoms with E-state index in [1.807, 2.05) is 24.3 Å². The van der Waals surface area contributed by atoms with Crippen LogP contribution in [-0.2, 0) is 6.61 Å². The van der Waals surface area contributed by atoms with E-state index in [1.54, 1.807) is 26.4 Å². The number of rotatable bonds is 2. The van der Waals surface area contributed by atoms with Crippen LogP contribution in [0.1, 0.15) is 5.56 Å². The van der Waals surface area contributed by atoms with Crippen molar-refractivity contribution in [3.63, 3.8) is 0 Å². The highest BCUT2D eigenvalue weighted by atomic mass is 16.5. The SMILES string of the molecule is COc1cc(OC)c2c3c(c(=O)oc2c1)-c1ccccc1CO3. The summed E-state index contributed by atoms with van der Waals surface area (Å²) in [7, 11) is 3.10. The molecular weight excluding hydrogens is 296 g/mol. The maximum Gasteiger partial charge on any atom is 0.348 e. The molecule has 0 aliphatic carbocycles. The van der Waals surface area contributed by atoms with E-state index < -0.39 is 5.63 Å². The molecule has 0 unspecified atom stereocenters. The summed E-state index contributed by atoms with van der Waals surface area (Å²) >= 11 is 0. The molecule has 0 amide bonds. The van der Waals surface area contributed by atoms with Crippen LogP contribution in [0.5, 0.6) is 17.2 Å². The molecule has 0 saturated carbocycles. The molecule has 0 radical (unpaired) electrons. The summed E-state index contributed by atoms with van der Waals surface area (Å²) in [4.78, 5) is 12.5. The zero-order valence-corrected chi connectivity index (χ0v) is 12.7. The van der Waals surface area contributed by atoms with E-state index in [9.17, 15) is 4.79 Å². The van der Waals surface area contributed by atoms with Crippen LogP contribution in [0.2, 0.25) is 0 Å².